The topological polar surface area (TPSA) is 253 Å². The lowest BCUT2D eigenvalue weighted by Gasteiger charge is -2.38. The number of aliphatic hydroxyl groups is 6. The van der Waals surface area contributed by atoms with Gasteiger partial charge < -0.3 is 64.9 Å². The van der Waals surface area contributed by atoms with Gasteiger partial charge in [-0.3, -0.25) is 4.79 Å². The van der Waals surface area contributed by atoms with E-state index in [4.69, 9.17) is 19.3 Å². The minimum Gasteiger partial charge on any atom is -0.504 e. The van der Waals surface area contributed by atoms with Crippen molar-refractivity contribution in [3.05, 3.63) is 47.5 Å². The molecule has 1 aliphatic rings. The molecule has 2 aromatic rings. The van der Waals surface area contributed by atoms with Gasteiger partial charge in [-0.15, -0.1) is 0 Å². The summed E-state index contributed by atoms with van der Waals surface area (Å²) in [7, 11) is 2.44. The molecular weight excluding hydrogens is 624 g/mol. The van der Waals surface area contributed by atoms with Gasteiger partial charge in [0, 0.05) is 13.5 Å². The molecule has 0 saturated heterocycles. The van der Waals surface area contributed by atoms with E-state index in [0.29, 0.717) is 18.6 Å². The predicted octanol–water partition coefficient (Wildman–Crippen LogP) is -0.0886. The van der Waals surface area contributed by atoms with Crippen molar-refractivity contribution in [2.24, 2.45) is 17.8 Å². The molecule has 0 aromatic heterocycles. The third kappa shape index (κ3) is 9.22. The van der Waals surface area contributed by atoms with Crippen LogP contribution in [0.5, 0.6) is 23.0 Å². The Hall–Kier alpha value is -3.70. The molecule has 47 heavy (non-hydrogen) atoms. The maximum absolute atomic E-state index is 11.5. The number of aromatic hydroxyl groups is 1. The van der Waals surface area contributed by atoms with E-state index in [-0.39, 0.29) is 35.5 Å². The number of phenolic OH excluding ortho intramolecular Hbond substituents is 1. The Morgan fingerprint density at radius 3 is 1.91 bits per heavy atom. The maximum Gasteiger partial charge on any atom is 0.335 e. The van der Waals surface area contributed by atoms with Gasteiger partial charge in [-0.25, -0.2) is 4.79 Å². The summed E-state index contributed by atoms with van der Waals surface area (Å²) in [6.07, 6.45) is -13.1. The largest absolute Gasteiger partial charge is 0.504 e. The van der Waals surface area contributed by atoms with Crippen molar-refractivity contribution in [1.82, 2.24) is 0 Å². The molecule has 262 valence electrons. The Morgan fingerprint density at radius 2 is 1.38 bits per heavy atom. The second-order valence-electron chi connectivity index (χ2n) is 11.9. The number of carboxylic acids is 2. The van der Waals surface area contributed by atoms with Crippen molar-refractivity contribution in [3.63, 3.8) is 0 Å². The fraction of sp³-hybridized carbons (Fsp3) is 0.562. The van der Waals surface area contributed by atoms with Crippen molar-refractivity contribution in [2.75, 3.05) is 14.2 Å². The van der Waals surface area contributed by atoms with Crippen molar-refractivity contribution in [1.29, 1.82) is 0 Å². The van der Waals surface area contributed by atoms with Gasteiger partial charge in [0.25, 0.3) is 0 Å². The van der Waals surface area contributed by atoms with Gasteiger partial charge in [0.1, 0.15) is 30.5 Å². The number of carboxylic acid groups (broad SMARTS) is 2. The highest BCUT2D eigenvalue weighted by atomic mass is 16.6. The standard InChI is InChI=1S/C32H44O15/c1-14(9-16-5-7-19(33)21(11-16)47-32(43)28(38)27(37)29(45-4)31(41)42)15(2)10-17-6-8-20(22(12-17)44-3)46-23-13-18(30(39)40)24(34)26(36)25(23)35/h5-8,11-12,14-15,18,23-29,32-38,43H,9-10,13H2,1-4H3,(H,39,40)(H,41,42)/t14-,15+,18+,23-,24-,25+,26+,27+,28+,29+,32+/m1/s1. The predicted molar refractivity (Wildman–Crippen MR) is 162 cm³/mol. The summed E-state index contributed by atoms with van der Waals surface area (Å²) in [5.41, 5.74) is 1.61. The van der Waals surface area contributed by atoms with Gasteiger partial charge in [-0.2, -0.15) is 0 Å². The molecule has 1 fully saturated rings. The summed E-state index contributed by atoms with van der Waals surface area (Å²) in [5, 5.41) is 89.9. The molecule has 15 nitrogen and oxygen atoms in total. The first-order chi connectivity index (χ1) is 22.1. The summed E-state index contributed by atoms with van der Waals surface area (Å²) in [5.74, 6) is -4.01. The molecule has 11 atom stereocenters. The van der Waals surface area contributed by atoms with Gasteiger partial charge in [-0.05, 0) is 60.1 Å². The van der Waals surface area contributed by atoms with E-state index < -0.39 is 66.9 Å². The van der Waals surface area contributed by atoms with Crippen LogP contribution in [0.4, 0.5) is 0 Å². The highest BCUT2D eigenvalue weighted by molar-refractivity contribution is 5.73. The maximum atomic E-state index is 11.5. The molecule has 0 spiro atoms. The number of benzene rings is 2. The first-order valence-electron chi connectivity index (χ1n) is 15.0. The third-order valence-electron chi connectivity index (χ3n) is 8.61. The van der Waals surface area contributed by atoms with Crippen LogP contribution in [-0.4, -0.2) is 121 Å². The van der Waals surface area contributed by atoms with Gasteiger partial charge in [-0.1, -0.05) is 26.0 Å². The number of hydrogen-bond acceptors (Lipinski definition) is 13. The second-order valence-corrected chi connectivity index (χ2v) is 11.9. The Labute approximate surface area is 271 Å². The zero-order chi connectivity index (χ0) is 35.2. The zero-order valence-electron chi connectivity index (χ0n) is 26.4. The number of methoxy groups -OCH3 is 2. The van der Waals surface area contributed by atoms with E-state index in [9.17, 15) is 50.4 Å². The van der Waals surface area contributed by atoms with Crippen LogP contribution in [0.25, 0.3) is 0 Å². The first kappa shape index (κ1) is 37.8. The molecule has 0 radical (unpaired) electrons. The number of ether oxygens (including phenoxy) is 4. The lowest BCUT2D eigenvalue weighted by atomic mass is 9.80. The van der Waals surface area contributed by atoms with E-state index in [1.165, 1.54) is 19.2 Å². The van der Waals surface area contributed by atoms with Crippen LogP contribution in [-0.2, 0) is 27.2 Å². The highest BCUT2D eigenvalue weighted by Gasteiger charge is 2.47. The molecule has 9 N–H and O–H groups in total. The molecule has 0 amide bonds. The number of carbonyl (C=O) groups is 2. The highest BCUT2D eigenvalue weighted by Crippen LogP contribution is 2.36. The number of aliphatic carboxylic acids is 2. The summed E-state index contributed by atoms with van der Waals surface area (Å²) < 4.78 is 21.2. The van der Waals surface area contributed by atoms with Crippen LogP contribution >= 0.6 is 0 Å². The average Bonchev–Trinajstić information content (AvgIpc) is 3.02. The average molecular weight is 669 g/mol. The monoisotopic (exact) mass is 668 g/mol. The van der Waals surface area contributed by atoms with Gasteiger partial charge in [0.15, 0.2) is 29.1 Å². The van der Waals surface area contributed by atoms with Crippen LogP contribution in [0.2, 0.25) is 0 Å². The number of hydrogen-bond donors (Lipinski definition) is 9. The Morgan fingerprint density at radius 1 is 0.809 bits per heavy atom. The Balaban J connectivity index is 1.65. The summed E-state index contributed by atoms with van der Waals surface area (Å²) in [6.45, 7) is 4.05. The first-order valence-corrected chi connectivity index (χ1v) is 15.0. The lowest BCUT2D eigenvalue weighted by Crippen LogP contribution is -2.57. The smallest absolute Gasteiger partial charge is 0.335 e. The Kier molecular flexibility index (Phi) is 13.2. The van der Waals surface area contributed by atoms with Crippen LogP contribution < -0.4 is 14.2 Å². The molecule has 15 heteroatoms. The molecule has 1 aliphatic carbocycles. The molecule has 2 aromatic carbocycles. The normalized spacial score (nSPS) is 25.1. The third-order valence-corrected chi connectivity index (χ3v) is 8.61. The lowest BCUT2D eigenvalue weighted by molar-refractivity contribution is -0.184. The van der Waals surface area contributed by atoms with E-state index in [2.05, 4.69) is 4.74 Å². The fourth-order valence-electron chi connectivity index (χ4n) is 5.51. The number of phenols is 1. The van der Waals surface area contributed by atoms with E-state index >= 15 is 0 Å². The van der Waals surface area contributed by atoms with Crippen molar-refractivity contribution in [3.8, 4) is 23.0 Å². The number of rotatable bonds is 16. The molecule has 0 heterocycles. The zero-order valence-corrected chi connectivity index (χ0v) is 26.4. The minimum absolute atomic E-state index is 0.0722. The summed E-state index contributed by atoms with van der Waals surface area (Å²) >= 11 is 0. The fourth-order valence-corrected chi connectivity index (χ4v) is 5.51. The van der Waals surface area contributed by atoms with Gasteiger partial charge in [0.05, 0.1) is 19.1 Å². The second kappa shape index (κ2) is 16.4. The Bertz CT molecular complexity index is 1350. The van der Waals surface area contributed by atoms with Crippen LogP contribution in [0.15, 0.2) is 36.4 Å². The SMILES string of the molecule is COc1cc(C[C@H](C)[C@H](C)Cc2ccc(O)c(O[C@H](O)[C@@H](O)[C@H](O)[C@H](OC)C(=O)O)c2)ccc1O[C@@H]1C[C@H](C(=O)O)[C@@H](O)[C@H](O)[C@H]1O. The molecule has 3 rings (SSSR count). The minimum atomic E-state index is -2.09. The molecule has 1 saturated carbocycles. The van der Waals surface area contributed by atoms with Crippen molar-refractivity contribution in [2.45, 2.75) is 82.1 Å². The van der Waals surface area contributed by atoms with Gasteiger partial charge in [0.2, 0.25) is 6.29 Å². The van der Waals surface area contributed by atoms with E-state index in [1.807, 2.05) is 13.8 Å². The van der Waals surface area contributed by atoms with Crippen LogP contribution in [0.1, 0.15) is 31.4 Å². The van der Waals surface area contributed by atoms with Gasteiger partial charge >= 0.3 is 11.9 Å². The van der Waals surface area contributed by atoms with E-state index in [1.54, 1.807) is 24.3 Å². The molecule has 0 aliphatic heterocycles. The number of aliphatic hydroxyl groups excluding tert-OH is 6. The summed E-state index contributed by atoms with van der Waals surface area (Å²) in [6, 6.07) is 9.64. The quantitative estimate of drug-likeness (QED) is 0.106. The van der Waals surface area contributed by atoms with Crippen LogP contribution in [0.3, 0.4) is 0 Å². The van der Waals surface area contributed by atoms with E-state index in [0.717, 1.165) is 18.2 Å². The van der Waals surface area contributed by atoms with Crippen molar-refractivity contribution < 1.29 is 74.5 Å². The molecular formula is C32H44O15. The van der Waals surface area contributed by atoms with Crippen molar-refractivity contribution >= 4 is 11.9 Å². The molecule has 0 bridgehead atoms. The molecule has 0 unspecified atom stereocenters. The van der Waals surface area contributed by atoms with Crippen LogP contribution in [0, 0.1) is 17.8 Å². The summed E-state index contributed by atoms with van der Waals surface area (Å²) in [4.78, 5) is 22.7.